The fraction of sp³-hybridized carbons (Fsp3) is 0.750. The van der Waals surface area contributed by atoms with E-state index in [0.29, 0.717) is 5.92 Å². The molecule has 2 aliphatic carbocycles. The molecular formula is C20H28N4O2. The van der Waals surface area contributed by atoms with Crippen molar-refractivity contribution in [3.05, 3.63) is 17.1 Å². The first kappa shape index (κ1) is 16.5. The molecule has 6 heteroatoms. The molecule has 0 aromatic carbocycles. The van der Waals surface area contributed by atoms with Crippen LogP contribution in [-0.4, -0.2) is 52.1 Å². The number of nitrogens with zero attached hydrogens (tertiary/aromatic N) is 3. The van der Waals surface area contributed by atoms with Gasteiger partial charge < -0.3 is 15.0 Å². The summed E-state index contributed by atoms with van der Waals surface area (Å²) in [6.45, 7) is 4.35. The largest absolute Gasteiger partial charge is 0.368 e. The molecule has 1 aromatic heterocycles. The zero-order valence-electron chi connectivity index (χ0n) is 15.6. The minimum atomic E-state index is -0.210. The van der Waals surface area contributed by atoms with Gasteiger partial charge in [-0.25, -0.2) is 9.97 Å². The molecule has 1 saturated carbocycles. The SMILES string of the molecule is Cc1nc2c(c(NC34CCC3CN(C(=O)[C@H]3CCCO3)C4)n1)CCCC2. The van der Waals surface area contributed by atoms with Gasteiger partial charge in [-0.1, -0.05) is 0 Å². The number of aromatic nitrogens is 2. The van der Waals surface area contributed by atoms with E-state index < -0.39 is 0 Å². The fourth-order valence-electron chi connectivity index (χ4n) is 5.25. The van der Waals surface area contributed by atoms with E-state index in [1.807, 2.05) is 11.8 Å². The van der Waals surface area contributed by atoms with Crippen molar-refractivity contribution in [1.29, 1.82) is 0 Å². The number of aryl methyl sites for hydroxylation is 2. The molecule has 2 saturated heterocycles. The first-order valence-corrected chi connectivity index (χ1v) is 10.2. The smallest absolute Gasteiger partial charge is 0.251 e. The Labute approximate surface area is 154 Å². The van der Waals surface area contributed by atoms with Crippen LogP contribution in [0.5, 0.6) is 0 Å². The van der Waals surface area contributed by atoms with Crippen LogP contribution < -0.4 is 5.32 Å². The molecule has 6 nitrogen and oxygen atoms in total. The fourth-order valence-corrected chi connectivity index (χ4v) is 5.25. The molecule has 0 radical (unpaired) electrons. The minimum Gasteiger partial charge on any atom is -0.368 e. The number of hydrogen-bond donors (Lipinski definition) is 1. The van der Waals surface area contributed by atoms with Crippen LogP contribution in [0.4, 0.5) is 5.82 Å². The maximum absolute atomic E-state index is 12.8. The van der Waals surface area contributed by atoms with Crippen LogP contribution in [0.2, 0.25) is 0 Å². The summed E-state index contributed by atoms with van der Waals surface area (Å²) in [5.41, 5.74) is 2.54. The van der Waals surface area contributed by atoms with Gasteiger partial charge in [-0.05, 0) is 58.3 Å². The van der Waals surface area contributed by atoms with Gasteiger partial charge in [-0.2, -0.15) is 0 Å². The molecule has 3 fully saturated rings. The highest BCUT2D eigenvalue weighted by atomic mass is 16.5. The lowest BCUT2D eigenvalue weighted by molar-refractivity contribution is -0.140. The van der Waals surface area contributed by atoms with Gasteiger partial charge in [0.15, 0.2) is 0 Å². The van der Waals surface area contributed by atoms with E-state index in [-0.39, 0.29) is 17.6 Å². The Hall–Kier alpha value is -1.69. The lowest BCUT2D eigenvalue weighted by Crippen LogP contribution is -2.54. The molecule has 26 heavy (non-hydrogen) atoms. The molecule has 2 unspecified atom stereocenters. The van der Waals surface area contributed by atoms with Crippen molar-refractivity contribution in [3.8, 4) is 0 Å². The normalized spacial score (nSPS) is 32.7. The molecular weight excluding hydrogens is 328 g/mol. The Balaban J connectivity index is 1.37. The quantitative estimate of drug-likeness (QED) is 0.900. The summed E-state index contributed by atoms with van der Waals surface area (Å²) in [5.74, 6) is 2.61. The van der Waals surface area contributed by atoms with Crippen molar-refractivity contribution in [2.45, 2.75) is 69.9 Å². The van der Waals surface area contributed by atoms with Crippen LogP contribution in [0.1, 0.15) is 55.6 Å². The highest BCUT2D eigenvalue weighted by Crippen LogP contribution is 2.47. The number of fused-ring (bicyclic) bond motifs is 2. The number of likely N-dealkylation sites (tertiary alicyclic amines) is 1. The van der Waals surface area contributed by atoms with Crippen LogP contribution in [0.25, 0.3) is 0 Å². The lowest BCUT2D eigenvalue weighted by atomic mass is 9.69. The van der Waals surface area contributed by atoms with Crippen molar-refractivity contribution in [2.24, 2.45) is 5.92 Å². The number of anilines is 1. The molecule has 2 aliphatic heterocycles. The Kier molecular flexibility index (Phi) is 3.92. The average molecular weight is 356 g/mol. The summed E-state index contributed by atoms with van der Waals surface area (Å²) in [6.07, 6.45) is 8.54. The number of amides is 1. The minimum absolute atomic E-state index is 0.000273. The summed E-state index contributed by atoms with van der Waals surface area (Å²) in [4.78, 5) is 24.3. The van der Waals surface area contributed by atoms with Crippen molar-refractivity contribution < 1.29 is 9.53 Å². The zero-order valence-corrected chi connectivity index (χ0v) is 15.6. The van der Waals surface area contributed by atoms with Crippen LogP contribution in [0.15, 0.2) is 0 Å². The van der Waals surface area contributed by atoms with Crippen molar-refractivity contribution in [2.75, 3.05) is 25.0 Å². The van der Waals surface area contributed by atoms with E-state index in [1.54, 1.807) is 0 Å². The standard InChI is InChI=1S/C20H28N4O2/c1-13-21-16-6-3-2-5-15(16)18(22-13)23-20-9-8-14(20)11-24(12-20)19(25)17-7-4-10-26-17/h14,17H,2-12H2,1H3,(H,21,22,23)/t14?,17-,20?/m1/s1. The van der Waals surface area contributed by atoms with E-state index in [1.165, 1.54) is 30.5 Å². The van der Waals surface area contributed by atoms with Gasteiger partial charge >= 0.3 is 0 Å². The maximum atomic E-state index is 12.8. The first-order valence-electron chi connectivity index (χ1n) is 10.2. The summed E-state index contributed by atoms with van der Waals surface area (Å²) in [5, 5.41) is 3.81. The molecule has 3 heterocycles. The van der Waals surface area contributed by atoms with Crippen LogP contribution in [-0.2, 0) is 22.4 Å². The predicted molar refractivity (Wildman–Crippen MR) is 98.0 cm³/mol. The second kappa shape index (κ2) is 6.19. The molecule has 0 bridgehead atoms. The van der Waals surface area contributed by atoms with Crippen molar-refractivity contribution in [3.63, 3.8) is 0 Å². The van der Waals surface area contributed by atoms with E-state index >= 15 is 0 Å². The summed E-state index contributed by atoms with van der Waals surface area (Å²) < 4.78 is 5.63. The second-order valence-electron chi connectivity index (χ2n) is 8.49. The second-order valence-corrected chi connectivity index (χ2v) is 8.49. The first-order chi connectivity index (χ1) is 12.6. The van der Waals surface area contributed by atoms with Gasteiger partial charge in [0.1, 0.15) is 17.7 Å². The Morgan fingerprint density at radius 3 is 2.88 bits per heavy atom. The van der Waals surface area contributed by atoms with Gasteiger partial charge in [-0.3, -0.25) is 4.79 Å². The Bertz CT molecular complexity index is 731. The number of rotatable bonds is 3. The molecule has 1 aromatic rings. The van der Waals surface area contributed by atoms with E-state index in [9.17, 15) is 4.79 Å². The number of carbonyl (C=O) groups excluding carboxylic acids is 1. The monoisotopic (exact) mass is 356 g/mol. The van der Waals surface area contributed by atoms with Gasteiger partial charge in [0, 0.05) is 36.9 Å². The highest BCUT2D eigenvalue weighted by molar-refractivity contribution is 5.82. The Morgan fingerprint density at radius 1 is 1.23 bits per heavy atom. The molecule has 3 atom stereocenters. The Morgan fingerprint density at radius 2 is 2.12 bits per heavy atom. The number of ether oxygens (including phenoxy) is 1. The van der Waals surface area contributed by atoms with Crippen LogP contribution >= 0.6 is 0 Å². The van der Waals surface area contributed by atoms with Gasteiger partial charge in [0.25, 0.3) is 5.91 Å². The van der Waals surface area contributed by atoms with Crippen LogP contribution in [0.3, 0.4) is 0 Å². The molecule has 1 N–H and O–H groups in total. The molecule has 140 valence electrons. The van der Waals surface area contributed by atoms with Crippen molar-refractivity contribution in [1.82, 2.24) is 14.9 Å². The molecule has 0 spiro atoms. The van der Waals surface area contributed by atoms with E-state index in [2.05, 4.69) is 10.3 Å². The topological polar surface area (TPSA) is 67.4 Å². The molecule has 4 aliphatic rings. The summed E-state index contributed by atoms with van der Waals surface area (Å²) in [7, 11) is 0. The highest BCUT2D eigenvalue weighted by Gasteiger charge is 2.55. The van der Waals surface area contributed by atoms with E-state index in [0.717, 1.165) is 63.4 Å². The maximum Gasteiger partial charge on any atom is 0.251 e. The molecule has 5 rings (SSSR count). The number of carbonyl (C=O) groups is 1. The number of nitrogens with one attached hydrogen (secondary N) is 1. The van der Waals surface area contributed by atoms with Crippen molar-refractivity contribution >= 4 is 11.7 Å². The zero-order chi connectivity index (χ0) is 17.7. The van der Waals surface area contributed by atoms with E-state index in [4.69, 9.17) is 9.72 Å². The number of hydrogen-bond acceptors (Lipinski definition) is 5. The lowest BCUT2D eigenvalue weighted by Gasteiger charge is -2.45. The summed E-state index contributed by atoms with van der Waals surface area (Å²) >= 11 is 0. The molecule has 1 amide bonds. The predicted octanol–water partition coefficient (Wildman–Crippen LogP) is 2.25. The third-order valence-corrected chi connectivity index (χ3v) is 6.81. The van der Waals surface area contributed by atoms with Gasteiger partial charge in [-0.15, -0.1) is 0 Å². The summed E-state index contributed by atoms with van der Waals surface area (Å²) in [6, 6.07) is 0. The van der Waals surface area contributed by atoms with Crippen LogP contribution in [0, 0.1) is 12.8 Å². The van der Waals surface area contributed by atoms with Gasteiger partial charge in [0.2, 0.25) is 0 Å². The average Bonchev–Trinajstić information content (AvgIpc) is 3.24. The van der Waals surface area contributed by atoms with Gasteiger partial charge in [0.05, 0.1) is 5.54 Å². The third-order valence-electron chi connectivity index (χ3n) is 6.81. The third kappa shape index (κ3) is 2.61.